The Hall–Kier alpha value is -6.43. The van der Waals surface area contributed by atoms with E-state index in [0.29, 0.717) is 22.3 Å². The van der Waals surface area contributed by atoms with Crippen LogP contribution in [0.1, 0.15) is 20.6 Å². The molecule has 10 aromatic rings. The molecule has 7 aromatic carbocycles. The first-order valence-electron chi connectivity index (χ1n) is 22.9. The van der Waals surface area contributed by atoms with Crippen molar-refractivity contribution in [3.63, 3.8) is 0 Å². The van der Waals surface area contributed by atoms with E-state index < -0.39 is 113 Å². The van der Waals surface area contributed by atoms with Crippen molar-refractivity contribution in [1.82, 2.24) is 15.0 Å². The highest BCUT2D eigenvalue weighted by Gasteiger charge is 2.15. The number of nitrogens with zero attached hydrogens (tertiary/aromatic N) is 3. The molecule has 4 nitrogen and oxygen atoms in total. The number of hydrogen-bond acceptors (Lipinski definition) is 5. The predicted octanol–water partition coefficient (Wildman–Crippen LogP) is 12.5. The first-order chi connectivity index (χ1) is 31.0. The van der Waals surface area contributed by atoms with Gasteiger partial charge in [0.25, 0.3) is 0 Å². The predicted molar refractivity (Wildman–Crippen MR) is 207 cm³/mol. The Labute approximate surface area is 313 Å². The van der Waals surface area contributed by atoms with Gasteiger partial charge in [-0.15, -0.1) is 11.3 Å². The number of furan rings is 1. The van der Waals surface area contributed by atoms with Crippen molar-refractivity contribution in [1.29, 1.82) is 0 Å². The Bertz CT molecular complexity index is 3680. The van der Waals surface area contributed by atoms with Crippen LogP contribution in [-0.2, 0) is 0 Å². The zero-order valence-corrected chi connectivity index (χ0v) is 26.4. The van der Waals surface area contributed by atoms with Crippen molar-refractivity contribution in [2.45, 2.75) is 0 Å². The van der Waals surface area contributed by atoms with Crippen LogP contribution in [0, 0.1) is 0 Å². The summed E-state index contributed by atoms with van der Waals surface area (Å²) in [6, 6.07) is 12.3. The lowest BCUT2D eigenvalue weighted by molar-refractivity contribution is 0.669. The van der Waals surface area contributed by atoms with E-state index in [-0.39, 0.29) is 43.2 Å². The normalized spacial score (nSPS) is 15.8. The number of thiophene rings is 1. The lowest BCUT2D eigenvalue weighted by Crippen LogP contribution is -2.00. The Morgan fingerprint density at radius 3 is 1.78 bits per heavy atom. The molecule has 0 saturated carbocycles. The Morgan fingerprint density at radius 2 is 1.00 bits per heavy atom. The van der Waals surface area contributed by atoms with Gasteiger partial charge in [-0.2, -0.15) is 0 Å². The van der Waals surface area contributed by atoms with E-state index in [1.165, 1.54) is 0 Å². The molecule has 0 spiro atoms. The molecule has 50 heavy (non-hydrogen) atoms. The second kappa shape index (κ2) is 11.6. The van der Waals surface area contributed by atoms with Crippen molar-refractivity contribution in [3.8, 4) is 56.4 Å². The molecule has 3 heterocycles. The SMILES string of the molecule is [2H]c1c([2H])c(-c2c([2H])c([2H])c(-c3c([2H])c([2H])c4c(sc5c([2H])c([2H])c([2H])c([2H])c54)c3[2H])c([2H])c2[2H])c([2H])c([2H])c1-c1nc(-c2ccccc2)nc(-c2ccc3c(c2)oc2ccccc23)n1. The van der Waals surface area contributed by atoms with E-state index in [1.807, 2.05) is 36.4 Å². The van der Waals surface area contributed by atoms with Gasteiger partial charge in [0.15, 0.2) is 17.5 Å². The zero-order valence-electron chi connectivity index (χ0n) is 40.6. The molecule has 3 aromatic heterocycles. The maximum atomic E-state index is 9.22. The molecule has 0 fully saturated rings. The van der Waals surface area contributed by atoms with Gasteiger partial charge in [-0.25, -0.2) is 15.0 Å². The van der Waals surface area contributed by atoms with E-state index in [0.717, 1.165) is 22.1 Å². The van der Waals surface area contributed by atoms with Crippen molar-refractivity contribution in [3.05, 3.63) is 163 Å². The van der Waals surface area contributed by atoms with Crippen molar-refractivity contribution in [2.75, 3.05) is 0 Å². The average Bonchev–Trinajstić information content (AvgIpc) is 3.90. The fourth-order valence-corrected chi connectivity index (χ4v) is 6.70. The third-order valence-electron chi connectivity index (χ3n) is 8.16. The first kappa shape index (κ1) is 17.3. The smallest absolute Gasteiger partial charge is 0.164 e. The summed E-state index contributed by atoms with van der Waals surface area (Å²) in [6.45, 7) is 0. The number of para-hydroxylation sites is 1. The summed E-state index contributed by atoms with van der Waals surface area (Å²) in [7, 11) is 0. The minimum atomic E-state index is -0.800. The molecule has 0 radical (unpaired) electrons. The fraction of sp³-hybridized carbons (Fsp3) is 0. The monoisotopic (exact) mass is 672 g/mol. The van der Waals surface area contributed by atoms with Crippen LogP contribution in [0.5, 0.6) is 0 Å². The number of aromatic nitrogens is 3. The molecular weight excluding hydrogens is 631 g/mol. The van der Waals surface area contributed by atoms with Gasteiger partial charge in [0.1, 0.15) is 11.2 Å². The Balaban J connectivity index is 1.15. The molecule has 0 aliphatic heterocycles. The third kappa shape index (κ3) is 4.95. The summed E-state index contributed by atoms with van der Waals surface area (Å²) in [5.74, 6) is 0.0991. The van der Waals surface area contributed by atoms with Crippen LogP contribution in [0.25, 0.3) is 98.5 Å². The quantitative estimate of drug-likeness (QED) is 0.183. The topological polar surface area (TPSA) is 51.8 Å². The summed E-state index contributed by atoms with van der Waals surface area (Å²) in [6.07, 6.45) is 0. The molecular formula is C45H27N3OS. The van der Waals surface area contributed by atoms with Crippen LogP contribution >= 0.6 is 11.3 Å². The fourth-order valence-electron chi connectivity index (χ4n) is 5.73. The summed E-state index contributed by atoms with van der Waals surface area (Å²) >= 11 is 0.783. The lowest BCUT2D eigenvalue weighted by Gasteiger charge is -2.09. The van der Waals surface area contributed by atoms with Gasteiger partial charge < -0.3 is 4.42 Å². The van der Waals surface area contributed by atoms with Crippen LogP contribution in [0.4, 0.5) is 0 Å². The van der Waals surface area contributed by atoms with Crippen LogP contribution in [0.15, 0.2) is 168 Å². The Morgan fingerprint density at radius 1 is 0.420 bits per heavy atom. The van der Waals surface area contributed by atoms with Gasteiger partial charge in [-0.05, 0) is 52.5 Å². The van der Waals surface area contributed by atoms with E-state index in [2.05, 4.69) is 9.97 Å². The maximum Gasteiger partial charge on any atom is 0.164 e. The van der Waals surface area contributed by atoms with Crippen molar-refractivity contribution >= 4 is 53.4 Å². The second-order valence-electron chi connectivity index (χ2n) is 11.2. The first-order valence-corrected chi connectivity index (χ1v) is 16.2. The number of benzene rings is 7. The summed E-state index contributed by atoms with van der Waals surface area (Å²) < 4.78 is 140. The molecule has 0 aliphatic rings. The van der Waals surface area contributed by atoms with Crippen LogP contribution in [-0.4, -0.2) is 15.0 Å². The zero-order chi connectivity index (χ0) is 46.1. The molecule has 0 aliphatic carbocycles. The standard InChI is InChI=1S/C45H27N3OS/c1-2-8-31(9-3-1)43-46-44(48-45(47-43)34-23-24-36-35-10-4-6-12-39(35)49-40(36)26-34)32-20-18-29(19-21-32)28-14-16-30(17-15-28)33-22-25-38-37-11-5-7-13-41(37)50-42(38)27-33/h1-27H/i5D,7D,11D,13D,14D,15D,16D,17D,18D,19D,20D,21D,22D,25D,27D. The molecule has 0 bridgehead atoms. The number of hydrogen-bond donors (Lipinski definition) is 0. The highest BCUT2D eigenvalue weighted by Crippen LogP contribution is 2.37. The average molecular weight is 673 g/mol. The van der Waals surface area contributed by atoms with Crippen LogP contribution < -0.4 is 0 Å². The van der Waals surface area contributed by atoms with E-state index in [4.69, 9.17) is 24.5 Å². The van der Waals surface area contributed by atoms with Gasteiger partial charge in [0.2, 0.25) is 0 Å². The summed E-state index contributed by atoms with van der Waals surface area (Å²) in [5.41, 5.74) is -0.129. The molecule has 0 N–H and O–H groups in total. The van der Waals surface area contributed by atoms with Gasteiger partial charge in [-0.1, -0.05) is 133 Å². The molecule has 0 atom stereocenters. The third-order valence-corrected chi connectivity index (χ3v) is 9.18. The minimum Gasteiger partial charge on any atom is -0.456 e. The summed E-state index contributed by atoms with van der Waals surface area (Å²) in [5, 5.41) is 1.64. The Kier molecular flexibility index (Phi) is 4.02. The van der Waals surface area contributed by atoms with Gasteiger partial charge in [0, 0.05) is 47.6 Å². The summed E-state index contributed by atoms with van der Waals surface area (Å²) in [4.78, 5) is 14.0. The van der Waals surface area contributed by atoms with Crippen LogP contribution in [0.2, 0.25) is 0 Å². The number of rotatable bonds is 5. The van der Waals surface area contributed by atoms with Gasteiger partial charge in [-0.3, -0.25) is 0 Å². The maximum absolute atomic E-state index is 9.22. The van der Waals surface area contributed by atoms with E-state index >= 15 is 0 Å². The molecule has 0 amide bonds. The van der Waals surface area contributed by atoms with Crippen molar-refractivity contribution < 1.29 is 25.0 Å². The minimum absolute atomic E-state index is 0.0221. The van der Waals surface area contributed by atoms with Crippen molar-refractivity contribution in [2.24, 2.45) is 0 Å². The molecule has 5 heteroatoms. The second-order valence-corrected chi connectivity index (χ2v) is 12.3. The molecule has 234 valence electrons. The lowest BCUT2D eigenvalue weighted by atomic mass is 9.99. The van der Waals surface area contributed by atoms with Crippen LogP contribution in [0.3, 0.4) is 0 Å². The van der Waals surface area contributed by atoms with Gasteiger partial charge in [0.05, 0.1) is 20.6 Å². The molecule has 0 unspecified atom stereocenters. The van der Waals surface area contributed by atoms with Gasteiger partial charge >= 0.3 is 0 Å². The highest BCUT2D eigenvalue weighted by molar-refractivity contribution is 7.25. The van der Waals surface area contributed by atoms with E-state index in [1.54, 1.807) is 36.4 Å². The highest BCUT2D eigenvalue weighted by atomic mass is 32.1. The molecule has 0 saturated heterocycles. The number of fused-ring (bicyclic) bond motifs is 6. The largest absolute Gasteiger partial charge is 0.456 e. The molecule has 10 rings (SSSR count). The van der Waals surface area contributed by atoms with E-state index in [9.17, 15) is 5.48 Å².